The van der Waals surface area contributed by atoms with Gasteiger partial charge in [0.1, 0.15) is 0 Å². The van der Waals surface area contributed by atoms with Crippen molar-refractivity contribution >= 4 is 44.1 Å². The second-order valence-corrected chi connectivity index (χ2v) is 0.167. The van der Waals surface area contributed by atoms with Crippen LogP contribution >= 0.6 is 0 Å². The molecule has 0 unspecified atom stereocenters. The van der Waals surface area contributed by atoms with Crippen molar-refractivity contribution in [3.63, 3.8) is 0 Å². The molecule has 0 aromatic rings. The molecule has 3 N–H and O–H groups in total. The topological polar surface area (TPSA) is 49.9 Å². The molecule has 0 heterocycles. The van der Waals surface area contributed by atoms with E-state index in [1.54, 1.807) is 0 Å². The molecule has 0 fully saturated rings. The van der Waals surface area contributed by atoms with Crippen molar-refractivity contribution in [3.8, 4) is 0 Å². The molecule has 0 spiro atoms. The van der Waals surface area contributed by atoms with Gasteiger partial charge in [-0.3, -0.25) is 5.41 Å². The van der Waals surface area contributed by atoms with Gasteiger partial charge in [0.15, 0.2) is 0 Å². The van der Waals surface area contributed by atoms with Crippen LogP contribution in [0.4, 0.5) is 0 Å². The Morgan fingerprint density at radius 3 is 1.75 bits per heavy atom. The van der Waals surface area contributed by atoms with Crippen molar-refractivity contribution in [1.29, 1.82) is 5.41 Å². The third-order valence-electron chi connectivity index (χ3n) is 0. The number of nitrogens with two attached hydrogens (primary N) is 1. The molecule has 0 aromatic heterocycles. The minimum absolute atomic E-state index is 0. The molecule has 0 atom stereocenters. The van der Waals surface area contributed by atoms with Crippen LogP contribution in [0.15, 0.2) is 0 Å². The Bertz CT molecular complexity index is 13.5. The number of nitrogens with one attached hydrogen (secondary N) is 1. The summed E-state index contributed by atoms with van der Waals surface area (Å²) in [5.74, 6) is 0. The van der Waals surface area contributed by atoms with Crippen LogP contribution in [0.1, 0.15) is 0 Å². The molecule has 0 radical (unpaired) electrons. The van der Waals surface area contributed by atoms with Gasteiger partial charge in [0.25, 0.3) is 0 Å². The van der Waals surface area contributed by atoms with Crippen LogP contribution in [-0.4, -0.2) is 44.1 Å². The zero-order valence-corrected chi connectivity index (χ0v) is 1.65. The van der Waals surface area contributed by atoms with Crippen molar-refractivity contribution in [2.45, 2.75) is 0 Å². The van der Waals surface area contributed by atoms with Crippen molar-refractivity contribution in [3.05, 3.63) is 0 Å². The van der Waals surface area contributed by atoms with E-state index in [1.165, 1.54) is 0 Å². The maximum absolute atomic E-state index is 5.86. The number of hydrogen-bond donors (Lipinski definition) is 2. The molecule has 0 bridgehead atoms. The van der Waals surface area contributed by atoms with Gasteiger partial charge < -0.3 is 5.73 Å². The predicted octanol–water partition coefficient (Wildman–Crippen LogP) is -1.36. The molecule has 0 aliphatic rings. The van der Waals surface area contributed by atoms with Gasteiger partial charge >= 0.3 is 37.7 Å². The van der Waals surface area contributed by atoms with E-state index in [1.807, 2.05) is 0 Å². The fraction of sp³-hybridized carbons (Fsp3) is 0. The molecule has 3 heteroatoms. The molecule has 0 amide bonds. The maximum atomic E-state index is 5.86. The third-order valence-corrected chi connectivity index (χ3v) is 0. The first-order valence-corrected chi connectivity index (χ1v) is 0.622. The second kappa shape index (κ2) is 9.29. The summed E-state index contributed by atoms with van der Waals surface area (Å²) in [4.78, 5) is 0. The Morgan fingerprint density at radius 1 is 1.75 bits per heavy atom. The summed E-state index contributed by atoms with van der Waals surface area (Å²) in [6.45, 7) is 0. The van der Waals surface area contributed by atoms with E-state index < -0.39 is 0 Å². The first kappa shape index (κ1) is 8.83. The summed E-state index contributed by atoms with van der Waals surface area (Å²) < 4.78 is 0. The van der Waals surface area contributed by atoms with Crippen LogP contribution < -0.4 is 5.73 Å². The summed E-state index contributed by atoms with van der Waals surface area (Å²) in [6, 6.07) is 0. The van der Waals surface area contributed by atoms with Gasteiger partial charge in [0, 0.05) is 0 Å². The molecule has 0 aliphatic carbocycles. The first-order chi connectivity index (χ1) is 1.41. The third kappa shape index (κ3) is 15.3. The number of hydrogen-bond acceptors (Lipinski definition) is 1. The van der Waals surface area contributed by atoms with E-state index in [0.717, 1.165) is 6.34 Å². The van der Waals surface area contributed by atoms with Crippen molar-refractivity contribution in [2.75, 3.05) is 0 Å². The van der Waals surface area contributed by atoms with Crippen LogP contribution in [0.5, 0.6) is 0 Å². The van der Waals surface area contributed by atoms with Crippen LogP contribution in [0, 0.1) is 5.41 Å². The Hall–Kier alpha value is 0.730. The summed E-state index contributed by atoms with van der Waals surface area (Å²) in [5, 5.41) is 5.86. The van der Waals surface area contributed by atoms with E-state index in [4.69, 9.17) is 5.41 Å². The Morgan fingerprint density at radius 2 is 1.75 bits per heavy atom. The van der Waals surface area contributed by atoms with Gasteiger partial charge in [-0.1, -0.05) is 0 Å². The van der Waals surface area contributed by atoms with Crippen LogP contribution in [-0.2, 0) is 0 Å². The van der Waals surface area contributed by atoms with Crippen LogP contribution in [0.3, 0.4) is 0 Å². The zero-order valence-electron chi connectivity index (χ0n) is 1.65. The van der Waals surface area contributed by atoms with Gasteiger partial charge in [0.2, 0.25) is 0 Å². The van der Waals surface area contributed by atoms with E-state index in [2.05, 4.69) is 5.73 Å². The van der Waals surface area contributed by atoms with Crippen molar-refractivity contribution in [2.24, 2.45) is 5.73 Å². The standard InChI is InChI=1S/CH4N2.Ca.2H/c2-1-3;;;/h1H,(H3,2,3);;;. The Kier molecular flexibility index (Phi) is 20.5. The molecule has 0 saturated carbocycles. The molecule has 0 aliphatic heterocycles. The van der Waals surface area contributed by atoms with Gasteiger partial charge in [-0.2, -0.15) is 0 Å². The summed E-state index contributed by atoms with van der Waals surface area (Å²) >= 11 is 0. The molecule has 0 aromatic carbocycles. The first-order valence-electron chi connectivity index (χ1n) is 0.622. The van der Waals surface area contributed by atoms with E-state index in [9.17, 15) is 0 Å². The molecular formula is CH6CaN2. The molecule has 2 nitrogen and oxygen atoms in total. The monoisotopic (exact) mass is 86.0 g/mol. The quantitative estimate of drug-likeness (QED) is 0.213. The van der Waals surface area contributed by atoms with E-state index in [0.29, 0.717) is 0 Å². The van der Waals surface area contributed by atoms with E-state index >= 15 is 0 Å². The Balaban J connectivity index is 0. The van der Waals surface area contributed by atoms with Crippen LogP contribution in [0.2, 0.25) is 0 Å². The molecule has 0 saturated heterocycles. The molecule has 22 valence electrons. The average Bonchev–Trinajstić information content (AvgIpc) is 0.918. The van der Waals surface area contributed by atoms with Crippen molar-refractivity contribution < 1.29 is 0 Å². The van der Waals surface area contributed by atoms with E-state index in [-0.39, 0.29) is 37.7 Å². The molecular weight excluding hydrogens is 80.1 g/mol. The van der Waals surface area contributed by atoms with Crippen LogP contribution in [0.25, 0.3) is 0 Å². The normalized spacial score (nSPS) is 3.00. The Labute approximate surface area is 54.9 Å². The van der Waals surface area contributed by atoms with Gasteiger partial charge in [-0.05, 0) is 0 Å². The SMILES string of the molecule is N=CN.[CaH2]. The van der Waals surface area contributed by atoms with Gasteiger partial charge in [0.05, 0.1) is 6.34 Å². The van der Waals surface area contributed by atoms with Gasteiger partial charge in [-0.25, -0.2) is 0 Å². The zero-order chi connectivity index (χ0) is 2.71. The summed E-state index contributed by atoms with van der Waals surface area (Å²) in [6.07, 6.45) is 0.750. The fourth-order valence-electron chi connectivity index (χ4n) is 0. The van der Waals surface area contributed by atoms with Gasteiger partial charge in [-0.15, -0.1) is 0 Å². The predicted molar refractivity (Wildman–Crippen MR) is 21.5 cm³/mol. The summed E-state index contributed by atoms with van der Waals surface area (Å²) in [5.41, 5.74) is 4.39. The second-order valence-electron chi connectivity index (χ2n) is 0.167. The number of rotatable bonds is 0. The average molecular weight is 86.2 g/mol. The van der Waals surface area contributed by atoms with Crippen molar-refractivity contribution in [1.82, 2.24) is 0 Å². The summed E-state index contributed by atoms with van der Waals surface area (Å²) in [7, 11) is 0. The molecule has 4 heavy (non-hydrogen) atoms. The molecule has 0 rings (SSSR count). The fourth-order valence-corrected chi connectivity index (χ4v) is 0. The minimum atomic E-state index is 0.